The number of hydrogen-bond donors (Lipinski definition) is 4. The van der Waals surface area contributed by atoms with Crippen LogP contribution in [0.25, 0.3) is 0 Å². The third-order valence-electron chi connectivity index (χ3n) is 10.4. The summed E-state index contributed by atoms with van der Waals surface area (Å²) in [5.41, 5.74) is 4.25. The number of benzene rings is 4. The van der Waals surface area contributed by atoms with Crippen molar-refractivity contribution in [3.8, 4) is 23.0 Å². The molecule has 1 heterocycles. The van der Waals surface area contributed by atoms with Gasteiger partial charge < -0.3 is 39.8 Å². The number of hydrogen-bond acceptors (Lipinski definition) is 10. The fourth-order valence-corrected chi connectivity index (χ4v) is 7.43. The molecule has 1 saturated heterocycles. The van der Waals surface area contributed by atoms with Crippen molar-refractivity contribution in [1.82, 2.24) is 20.4 Å². The van der Waals surface area contributed by atoms with Gasteiger partial charge in [-0.25, -0.2) is 0 Å². The fourth-order valence-electron chi connectivity index (χ4n) is 7.43. The van der Waals surface area contributed by atoms with E-state index in [4.69, 9.17) is 18.9 Å². The van der Waals surface area contributed by atoms with E-state index in [1.165, 1.54) is 0 Å². The summed E-state index contributed by atoms with van der Waals surface area (Å²) in [7, 11) is 6.54. The Labute approximate surface area is 330 Å². The van der Waals surface area contributed by atoms with E-state index in [-0.39, 0.29) is 37.3 Å². The molecular formula is C44H56N4O8. The molecule has 12 nitrogen and oxygen atoms in total. The number of carbonyl (C=O) groups is 2. The average Bonchev–Trinajstić information content (AvgIpc) is 3.20. The van der Waals surface area contributed by atoms with Gasteiger partial charge in [0.1, 0.15) is 23.0 Å². The maximum absolute atomic E-state index is 12.6. The van der Waals surface area contributed by atoms with Gasteiger partial charge in [0.2, 0.25) is 0 Å². The van der Waals surface area contributed by atoms with Gasteiger partial charge in [0.15, 0.2) is 0 Å². The Morgan fingerprint density at radius 1 is 0.500 bits per heavy atom. The van der Waals surface area contributed by atoms with Gasteiger partial charge in [0.05, 0.1) is 41.5 Å². The molecule has 4 aromatic carbocycles. The first-order valence-corrected chi connectivity index (χ1v) is 19.0. The van der Waals surface area contributed by atoms with Gasteiger partial charge in [0, 0.05) is 50.3 Å². The number of aliphatic carboxylic acids is 2. The Morgan fingerprint density at radius 3 is 1.02 bits per heavy atom. The Hall–Kier alpha value is -5.14. The monoisotopic (exact) mass is 768 g/mol. The van der Waals surface area contributed by atoms with E-state index in [0.717, 1.165) is 45.3 Å². The van der Waals surface area contributed by atoms with Crippen LogP contribution in [0.1, 0.15) is 22.3 Å². The molecule has 1 aliphatic rings. The Bertz CT molecular complexity index is 1660. The second kappa shape index (κ2) is 21.2. The van der Waals surface area contributed by atoms with Gasteiger partial charge in [-0.3, -0.25) is 19.4 Å². The first kappa shape index (κ1) is 42.0. The predicted molar refractivity (Wildman–Crippen MR) is 216 cm³/mol. The number of carboxylic acids is 2. The maximum atomic E-state index is 12.6. The largest absolute Gasteiger partial charge is 0.497 e. The molecular weight excluding hydrogens is 713 g/mol. The lowest BCUT2D eigenvalue weighted by Gasteiger charge is -2.40. The molecule has 56 heavy (non-hydrogen) atoms. The van der Waals surface area contributed by atoms with Gasteiger partial charge in [-0.15, -0.1) is 0 Å². The molecule has 4 atom stereocenters. The number of nitrogens with zero attached hydrogens (tertiary/aromatic N) is 2. The SMILES string of the molecule is COc1ccc(C[C@H]2CN(CC(=O)O)[C@@H](Cc3ccc(OC)cc3)CN[C@@H](Cc3ccc(OC)cc3)CN(CC(=O)O)[C@@H](Cc3ccc(OC)cc3)CN2)cc1. The van der Waals surface area contributed by atoms with Crippen LogP contribution in [0.3, 0.4) is 0 Å². The maximum Gasteiger partial charge on any atom is 0.317 e. The van der Waals surface area contributed by atoms with E-state index in [2.05, 4.69) is 20.4 Å². The first-order chi connectivity index (χ1) is 27.1. The number of methoxy groups -OCH3 is 4. The van der Waals surface area contributed by atoms with Crippen molar-refractivity contribution in [2.24, 2.45) is 0 Å². The quantitative estimate of drug-likeness (QED) is 0.128. The van der Waals surface area contributed by atoms with E-state index >= 15 is 0 Å². The molecule has 0 bridgehead atoms. The van der Waals surface area contributed by atoms with Crippen LogP contribution in [0.2, 0.25) is 0 Å². The number of ether oxygens (including phenoxy) is 4. The molecule has 4 N–H and O–H groups in total. The number of nitrogens with one attached hydrogen (secondary N) is 2. The van der Waals surface area contributed by atoms with E-state index in [9.17, 15) is 19.8 Å². The summed E-state index contributed by atoms with van der Waals surface area (Å²) >= 11 is 0. The molecule has 0 spiro atoms. The third kappa shape index (κ3) is 13.0. The van der Waals surface area contributed by atoms with Crippen molar-refractivity contribution in [3.63, 3.8) is 0 Å². The second-order valence-corrected chi connectivity index (χ2v) is 14.4. The number of rotatable bonds is 16. The minimum atomic E-state index is -0.903. The molecule has 0 radical (unpaired) electrons. The van der Waals surface area contributed by atoms with E-state index in [1.54, 1.807) is 28.4 Å². The third-order valence-corrected chi connectivity index (χ3v) is 10.4. The fraction of sp³-hybridized carbons (Fsp3) is 0.409. The average molecular weight is 769 g/mol. The lowest BCUT2D eigenvalue weighted by Crippen LogP contribution is -2.58. The standard InChI is InChI=1S/C44H56N4O8/c1-53-39-13-5-31(6-14-39)21-35-27-47(29-43(49)50)38(24-34-11-19-42(56-4)20-12-34)26-46-36(22-32-7-15-40(54-2)16-8-32)28-48(30-44(51)52)37(25-45-35)23-33-9-17-41(55-3)18-10-33/h5-20,35-38,45-46H,21-30H2,1-4H3,(H,49,50)(H,51,52)/t35-,36-,37-,38-/m0/s1. The highest BCUT2D eigenvalue weighted by molar-refractivity contribution is 5.69. The first-order valence-electron chi connectivity index (χ1n) is 19.0. The van der Waals surface area contributed by atoms with Crippen molar-refractivity contribution in [3.05, 3.63) is 119 Å². The van der Waals surface area contributed by atoms with Crippen molar-refractivity contribution >= 4 is 11.9 Å². The highest BCUT2D eigenvalue weighted by Crippen LogP contribution is 2.21. The van der Waals surface area contributed by atoms with E-state index < -0.39 is 11.9 Å². The van der Waals surface area contributed by atoms with Crippen molar-refractivity contribution in [2.75, 3.05) is 67.7 Å². The lowest BCUT2D eigenvalue weighted by molar-refractivity contribution is -0.139. The lowest BCUT2D eigenvalue weighted by atomic mass is 9.97. The smallest absolute Gasteiger partial charge is 0.317 e. The molecule has 12 heteroatoms. The summed E-state index contributed by atoms with van der Waals surface area (Å²) in [6.45, 7) is 1.54. The molecule has 0 saturated carbocycles. The Balaban J connectivity index is 1.55. The molecule has 300 valence electrons. The minimum Gasteiger partial charge on any atom is -0.497 e. The molecule has 1 aliphatic heterocycles. The molecule has 4 aromatic rings. The molecule has 5 rings (SSSR count). The Morgan fingerprint density at radius 2 is 0.768 bits per heavy atom. The highest BCUT2D eigenvalue weighted by Gasteiger charge is 2.31. The number of carboxylic acid groups (broad SMARTS) is 2. The topological polar surface area (TPSA) is 142 Å². The zero-order valence-corrected chi connectivity index (χ0v) is 32.9. The van der Waals surface area contributed by atoms with E-state index in [1.807, 2.05) is 97.1 Å². The van der Waals surface area contributed by atoms with Gasteiger partial charge in [-0.1, -0.05) is 48.5 Å². The summed E-state index contributed by atoms with van der Waals surface area (Å²) in [5.74, 6) is 1.20. The minimum absolute atomic E-state index is 0.146. The van der Waals surface area contributed by atoms with E-state index in [0.29, 0.717) is 51.9 Å². The van der Waals surface area contributed by atoms with Crippen LogP contribution in [-0.4, -0.2) is 124 Å². The van der Waals surface area contributed by atoms with Gasteiger partial charge >= 0.3 is 11.9 Å². The Kier molecular flexibility index (Phi) is 15.9. The normalized spacial score (nSPS) is 19.9. The molecule has 0 aliphatic carbocycles. The zero-order valence-electron chi connectivity index (χ0n) is 32.9. The summed E-state index contributed by atoms with van der Waals surface area (Å²) in [6, 6.07) is 30.9. The molecule has 0 aromatic heterocycles. The second-order valence-electron chi connectivity index (χ2n) is 14.4. The van der Waals surface area contributed by atoms with Crippen LogP contribution in [-0.2, 0) is 35.3 Å². The molecule has 1 fully saturated rings. The van der Waals surface area contributed by atoms with Gasteiger partial charge in [0.25, 0.3) is 0 Å². The van der Waals surface area contributed by atoms with Crippen molar-refractivity contribution in [2.45, 2.75) is 49.9 Å². The summed E-state index contributed by atoms with van der Waals surface area (Å²) in [4.78, 5) is 29.3. The summed E-state index contributed by atoms with van der Waals surface area (Å²) in [6.07, 6.45) is 2.43. The van der Waals surface area contributed by atoms with Crippen LogP contribution < -0.4 is 29.6 Å². The van der Waals surface area contributed by atoms with Crippen LogP contribution in [0, 0.1) is 0 Å². The van der Waals surface area contributed by atoms with Crippen molar-refractivity contribution < 1.29 is 38.7 Å². The summed E-state index contributed by atoms with van der Waals surface area (Å²) < 4.78 is 21.7. The summed E-state index contributed by atoms with van der Waals surface area (Å²) in [5, 5.41) is 28.2. The van der Waals surface area contributed by atoms with Gasteiger partial charge in [-0.2, -0.15) is 0 Å². The van der Waals surface area contributed by atoms with Crippen molar-refractivity contribution in [1.29, 1.82) is 0 Å². The van der Waals surface area contributed by atoms with Crippen LogP contribution in [0.5, 0.6) is 23.0 Å². The van der Waals surface area contributed by atoms with Crippen LogP contribution >= 0.6 is 0 Å². The predicted octanol–water partition coefficient (Wildman–Crippen LogP) is 4.43. The van der Waals surface area contributed by atoms with Gasteiger partial charge in [-0.05, 0) is 96.5 Å². The van der Waals surface area contributed by atoms with Crippen LogP contribution in [0.4, 0.5) is 0 Å². The molecule has 0 amide bonds. The highest BCUT2D eigenvalue weighted by atomic mass is 16.5. The zero-order chi connectivity index (χ0) is 39.9. The molecule has 0 unspecified atom stereocenters. The van der Waals surface area contributed by atoms with Crippen LogP contribution in [0.15, 0.2) is 97.1 Å².